The molecule has 0 amide bonds. The van der Waals surface area contributed by atoms with Crippen molar-refractivity contribution in [2.75, 3.05) is 13.2 Å². The Morgan fingerprint density at radius 1 is 1.25 bits per heavy atom. The first-order valence-electron chi connectivity index (χ1n) is 8.17. The van der Waals surface area contributed by atoms with Crippen LogP contribution in [-0.2, 0) is 0 Å². The number of hydrogen-bond donors (Lipinski definition) is 1. The maximum atomic E-state index is 6.05. The van der Waals surface area contributed by atoms with Gasteiger partial charge in [0.25, 0.3) is 0 Å². The molecule has 1 unspecified atom stereocenters. The highest BCUT2D eigenvalue weighted by atomic mass is 16.5. The molecular weight excluding hydrogens is 246 g/mol. The van der Waals surface area contributed by atoms with Crippen LogP contribution in [0.1, 0.15) is 63.1 Å². The van der Waals surface area contributed by atoms with Gasteiger partial charge >= 0.3 is 0 Å². The van der Waals surface area contributed by atoms with E-state index in [1.54, 1.807) is 0 Å². The lowest BCUT2D eigenvalue weighted by molar-refractivity contribution is 0.208. The summed E-state index contributed by atoms with van der Waals surface area (Å²) in [4.78, 5) is 0. The van der Waals surface area contributed by atoms with Crippen LogP contribution >= 0.6 is 0 Å². The molecule has 1 fully saturated rings. The molecule has 2 heteroatoms. The lowest BCUT2D eigenvalue weighted by atomic mass is 9.90. The quantitative estimate of drug-likeness (QED) is 0.817. The normalized spacial score (nSPS) is 17.9. The highest BCUT2D eigenvalue weighted by molar-refractivity contribution is 5.37. The summed E-state index contributed by atoms with van der Waals surface area (Å²) >= 11 is 0. The molecule has 0 aromatic heterocycles. The van der Waals surface area contributed by atoms with E-state index < -0.39 is 0 Å². The second-order valence-electron chi connectivity index (χ2n) is 6.12. The molecule has 0 heterocycles. The standard InChI is InChI=1S/C18H29NO/c1-4-19-15(3)17-10-11-18(14(2)12-17)20-13-16-8-6-5-7-9-16/h10-12,15-16,19H,4-9,13H2,1-3H3. The summed E-state index contributed by atoms with van der Waals surface area (Å²) in [6.45, 7) is 8.40. The van der Waals surface area contributed by atoms with E-state index in [0.717, 1.165) is 24.8 Å². The Labute approximate surface area is 123 Å². The Morgan fingerprint density at radius 3 is 2.65 bits per heavy atom. The topological polar surface area (TPSA) is 21.3 Å². The second-order valence-corrected chi connectivity index (χ2v) is 6.12. The smallest absolute Gasteiger partial charge is 0.122 e. The minimum absolute atomic E-state index is 0.408. The molecule has 1 saturated carbocycles. The summed E-state index contributed by atoms with van der Waals surface area (Å²) in [6, 6.07) is 6.99. The molecule has 0 spiro atoms. The van der Waals surface area contributed by atoms with E-state index in [1.807, 2.05) is 0 Å². The Morgan fingerprint density at radius 2 is 2.00 bits per heavy atom. The number of ether oxygens (including phenoxy) is 1. The second kappa shape index (κ2) is 7.68. The van der Waals surface area contributed by atoms with Gasteiger partial charge in [0.2, 0.25) is 0 Å². The number of benzene rings is 1. The molecule has 20 heavy (non-hydrogen) atoms. The molecular formula is C18H29NO. The molecule has 1 aliphatic rings. The summed E-state index contributed by atoms with van der Waals surface area (Å²) in [5.41, 5.74) is 2.59. The molecule has 2 nitrogen and oxygen atoms in total. The van der Waals surface area contributed by atoms with Crippen molar-refractivity contribution in [3.63, 3.8) is 0 Å². The van der Waals surface area contributed by atoms with Crippen molar-refractivity contribution >= 4 is 0 Å². The summed E-state index contributed by atoms with van der Waals surface area (Å²) in [6.07, 6.45) is 6.86. The molecule has 1 aromatic carbocycles. The van der Waals surface area contributed by atoms with Gasteiger partial charge < -0.3 is 10.1 Å². The largest absolute Gasteiger partial charge is 0.493 e. The minimum atomic E-state index is 0.408. The maximum Gasteiger partial charge on any atom is 0.122 e. The van der Waals surface area contributed by atoms with Crippen LogP contribution in [0, 0.1) is 12.8 Å². The van der Waals surface area contributed by atoms with Crippen LogP contribution in [0.2, 0.25) is 0 Å². The van der Waals surface area contributed by atoms with Crippen molar-refractivity contribution in [2.24, 2.45) is 5.92 Å². The number of hydrogen-bond acceptors (Lipinski definition) is 2. The Kier molecular flexibility index (Phi) is 5.90. The van der Waals surface area contributed by atoms with E-state index in [-0.39, 0.29) is 0 Å². The van der Waals surface area contributed by atoms with Gasteiger partial charge in [-0.15, -0.1) is 0 Å². The van der Waals surface area contributed by atoms with Crippen molar-refractivity contribution in [3.8, 4) is 5.75 Å². The molecule has 1 atom stereocenters. The number of nitrogens with one attached hydrogen (secondary N) is 1. The molecule has 2 rings (SSSR count). The van der Waals surface area contributed by atoms with Crippen molar-refractivity contribution in [1.29, 1.82) is 0 Å². The zero-order chi connectivity index (χ0) is 14.4. The molecule has 0 radical (unpaired) electrons. The van der Waals surface area contributed by atoms with Gasteiger partial charge in [-0.2, -0.15) is 0 Å². The van der Waals surface area contributed by atoms with E-state index in [1.165, 1.54) is 43.2 Å². The van der Waals surface area contributed by atoms with Crippen molar-refractivity contribution < 1.29 is 4.74 Å². The predicted octanol–water partition coefficient (Wildman–Crippen LogP) is 4.62. The molecule has 0 aliphatic heterocycles. The monoisotopic (exact) mass is 275 g/mol. The van der Waals surface area contributed by atoms with E-state index in [4.69, 9.17) is 4.74 Å². The summed E-state index contributed by atoms with van der Waals surface area (Å²) in [5, 5.41) is 3.45. The van der Waals surface area contributed by atoms with E-state index in [2.05, 4.69) is 44.3 Å². The molecule has 0 saturated heterocycles. The van der Waals surface area contributed by atoms with Crippen LogP contribution in [0.4, 0.5) is 0 Å². The third kappa shape index (κ3) is 4.24. The Balaban J connectivity index is 1.91. The van der Waals surface area contributed by atoms with Gasteiger partial charge in [-0.1, -0.05) is 38.3 Å². The van der Waals surface area contributed by atoms with Gasteiger partial charge in [-0.25, -0.2) is 0 Å². The van der Waals surface area contributed by atoms with Gasteiger partial charge in [0.15, 0.2) is 0 Å². The van der Waals surface area contributed by atoms with Gasteiger partial charge in [0.1, 0.15) is 5.75 Å². The van der Waals surface area contributed by atoms with Crippen LogP contribution in [0.25, 0.3) is 0 Å². The lowest BCUT2D eigenvalue weighted by Gasteiger charge is -2.22. The first-order valence-corrected chi connectivity index (χ1v) is 8.17. The van der Waals surface area contributed by atoms with Gasteiger partial charge in [-0.05, 0) is 56.3 Å². The summed E-state index contributed by atoms with van der Waals surface area (Å²) in [7, 11) is 0. The first kappa shape index (κ1) is 15.4. The van der Waals surface area contributed by atoms with E-state index in [0.29, 0.717) is 6.04 Å². The average molecular weight is 275 g/mol. The number of rotatable bonds is 6. The maximum absolute atomic E-state index is 6.05. The Bertz CT molecular complexity index is 410. The van der Waals surface area contributed by atoms with Gasteiger partial charge in [0, 0.05) is 6.04 Å². The molecule has 1 aromatic rings. The number of aryl methyl sites for hydroxylation is 1. The lowest BCUT2D eigenvalue weighted by Crippen LogP contribution is -2.18. The van der Waals surface area contributed by atoms with Gasteiger partial charge in [0.05, 0.1) is 6.61 Å². The minimum Gasteiger partial charge on any atom is -0.493 e. The first-order chi connectivity index (χ1) is 9.70. The third-order valence-electron chi connectivity index (χ3n) is 4.41. The molecule has 1 aliphatic carbocycles. The zero-order valence-corrected chi connectivity index (χ0v) is 13.2. The molecule has 1 N–H and O–H groups in total. The summed E-state index contributed by atoms with van der Waals surface area (Å²) < 4.78 is 6.05. The highest BCUT2D eigenvalue weighted by Crippen LogP contribution is 2.27. The fraction of sp³-hybridized carbons (Fsp3) is 0.667. The van der Waals surface area contributed by atoms with Crippen LogP contribution < -0.4 is 10.1 Å². The fourth-order valence-electron chi connectivity index (χ4n) is 3.09. The van der Waals surface area contributed by atoms with Crippen molar-refractivity contribution in [2.45, 2.75) is 58.9 Å². The zero-order valence-electron chi connectivity index (χ0n) is 13.2. The van der Waals surface area contributed by atoms with E-state index >= 15 is 0 Å². The SMILES string of the molecule is CCNC(C)c1ccc(OCC2CCCCC2)c(C)c1. The van der Waals surface area contributed by atoms with Crippen molar-refractivity contribution in [1.82, 2.24) is 5.32 Å². The predicted molar refractivity (Wildman–Crippen MR) is 85.3 cm³/mol. The molecule has 112 valence electrons. The van der Waals surface area contributed by atoms with E-state index in [9.17, 15) is 0 Å². The summed E-state index contributed by atoms with van der Waals surface area (Å²) in [5.74, 6) is 1.83. The molecule has 0 bridgehead atoms. The highest BCUT2D eigenvalue weighted by Gasteiger charge is 2.14. The van der Waals surface area contributed by atoms with Crippen LogP contribution in [-0.4, -0.2) is 13.2 Å². The third-order valence-corrected chi connectivity index (χ3v) is 4.41. The van der Waals surface area contributed by atoms with Crippen molar-refractivity contribution in [3.05, 3.63) is 29.3 Å². The fourth-order valence-corrected chi connectivity index (χ4v) is 3.09. The Hall–Kier alpha value is -1.02. The van der Waals surface area contributed by atoms with Crippen LogP contribution in [0.3, 0.4) is 0 Å². The average Bonchev–Trinajstić information content (AvgIpc) is 2.47. The van der Waals surface area contributed by atoms with Crippen LogP contribution in [0.15, 0.2) is 18.2 Å². The van der Waals surface area contributed by atoms with Gasteiger partial charge in [-0.3, -0.25) is 0 Å². The van der Waals surface area contributed by atoms with Crippen LogP contribution in [0.5, 0.6) is 5.75 Å².